The maximum absolute atomic E-state index is 11.2. The molecule has 1 aliphatic rings. The number of hydrogen-bond acceptors (Lipinski definition) is 3. The zero-order chi connectivity index (χ0) is 12.7. The van der Waals surface area contributed by atoms with Crippen molar-refractivity contribution in [3.8, 4) is 5.75 Å². The molecule has 1 unspecified atom stereocenters. The molecule has 4 nitrogen and oxygen atoms in total. The topological polar surface area (TPSA) is 51.5 Å². The second-order valence-corrected chi connectivity index (χ2v) is 4.72. The Kier molecular flexibility index (Phi) is 2.51. The van der Waals surface area contributed by atoms with Crippen LogP contribution in [0.3, 0.4) is 0 Å². The van der Waals surface area contributed by atoms with Gasteiger partial charge in [0, 0.05) is 24.3 Å². The summed E-state index contributed by atoms with van der Waals surface area (Å²) >= 11 is 0. The van der Waals surface area contributed by atoms with Gasteiger partial charge in [0.2, 0.25) is 5.91 Å². The Labute approximate surface area is 105 Å². The van der Waals surface area contributed by atoms with Crippen molar-refractivity contribution in [2.75, 3.05) is 13.7 Å². The number of hydrogen-bond donors (Lipinski definition) is 1. The highest BCUT2D eigenvalue weighted by molar-refractivity contribution is 5.84. The Morgan fingerprint density at radius 2 is 2.22 bits per heavy atom. The van der Waals surface area contributed by atoms with Crippen LogP contribution < -0.4 is 10.1 Å². The van der Waals surface area contributed by atoms with E-state index in [2.05, 4.69) is 5.32 Å². The summed E-state index contributed by atoms with van der Waals surface area (Å²) in [7, 11) is 1.65. The van der Waals surface area contributed by atoms with Crippen molar-refractivity contribution in [1.82, 2.24) is 5.32 Å². The Morgan fingerprint density at radius 1 is 1.39 bits per heavy atom. The number of furan rings is 1. The fourth-order valence-corrected chi connectivity index (χ4v) is 2.44. The maximum Gasteiger partial charge on any atom is 0.220 e. The number of methoxy groups -OCH3 is 1. The van der Waals surface area contributed by atoms with E-state index >= 15 is 0 Å². The van der Waals surface area contributed by atoms with E-state index in [0.717, 1.165) is 28.0 Å². The summed E-state index contributed by atoms with van der Waals surface area (Å²) in [6, 6.07) is 5.92. The molecule has 1 atom stereocenters. The molecule has 1 amide bonds. The predicted molar refractivity (Wildman–Crippen MR) is 67.9 cm³/mol. The number of carbonyl (C=O) groups excluding carboxylic acids is 1. The molecule has 3 rings (SSSR count). The summed E-state index contributed by atoms with van der Waals surface area (Å²) in [5, 5.41) is 3.85. The third-order valence-electron chi connectivity index (χ3n) is 3.41. The molecule has 18 heavy (non-hydrogen) atoms. The summed E-state index contributed by atoms with van der Waals surface area (Å²) in [6.07, 6.45) is 0.510. The third-order valence-corrected chi connectivity index (χ3v) is 3.41. The van der Waals surface area contributed by atoms with Gasteiger partial charge in [0.1, 0.15) is 17.1 Å². The number of carbonyl (C=O) groups is 1. The van der Waals surface area contributed by atoms with E-state index in [4.69, 9.17) is 9.15 Å². The molecule has 1 aromatic carbocycles. The molecule has 0 saturated carbocycles. The molecule has 2 heterocycles. The van der Waals surface area contributed by atoms with Gasteiger partial charge in [-0.1, -0.05) is 0 Å². The Balaban J connectivity index is 2.05. The summed E-state index contributed by atoms with van der Waals surface area (Å²) in [5.74, 6) is 1.94. The number of nitrogens with one attached hydrogen (secondary N) is 1. The SMILES string of the molecule is COc1cc(C)c2oc(C3CNC(=O)C3)cc2c1. The predicted octanol–water partition coefficient (Wildman–Crippen LogP) is 2.35. The zero-order valence-corrected chi connectivity index (χ0v) is 10.4. The van der Waals surface area contributed by atoms with Crippen LogP contribution in [0.15, 0.2) is 22.6 Å². The van der Waals surface area contributed by atoms with E-state index in [9.17, 15) is 4.79 Å². The van der Waals surface area contributed by atoms with Gasteiger partial charge in [-0.05, 0) is 30.7 Å². The number of benzene rings is 1. The number of ether oxygens (including phenoxy) is 1. The van der Waals surface area contributed by atoms with Crippen LogP contribution in [-0.2, 0) is 4.79 Å². The normalized spacial score (nSPS) is 19.2. The van der Waals surface area contributed by atoms with Crippen LogP contribution in [0.1, 0.15) is 23.7 Å². The molecule has 2 aromatic rings. The lowest BCUT2D eigenvalue weighted by Gasteiger charge is -2.02. The molecule has 0 radical (unpaired) electrons. The van der Waals surface area contributed by atoms with Crippen LogP contribution in [0.2, 0.25) is 0 Å². The average molecular weight is 245 g/mol. The monoisotopic (exact) mass is 245 g/mol. The highest BCUT2D eigenvalue weighted by atomic mass is 16.5. The quantitative estimate of drug-likeness (QED) is 0.883. The van der Waals surface area contributed by atoms with Gasteiger partial charge >= 0.3 is 0 Å². The number of aryl methyl sites for hydroxylation is 1. The number of fused-ring (bicyclic) bond motifs is 1. The first-order valence-electron chi connectivity index (χ1n) is 6.02. The van der Waals surface area contributed by atoms with Crippen LogP contribution in [0, 0.1) is 6.92 Å². The molecule has 1 aromatic heterocycles. The van der Waals surface area contributed by atoms with Crippen molar-refractivity contribution in [2.24, 2.45) is 0 Å². The summed E-state index contributed by atoms with van der Waals surface area (Å²) < 4.78 is 11.1. The van der Waals surface area contributed by atoms with E-state index in [-0.39, 0.29) is 11.8 Å². The van der Waals surface area contributed by atoms with Crippen molar-refractivity contribution in [3.63, 3.8) is 0 Å². The van der Waals surface area contributed by atoms with E-state index < -0.39 is 0 Å². The Morgan fingerprint density at radius 3 is 2.89 bits per heavy atom. The standard InChI is InChI=1S/C14H15NO3/c1-8-3-11(17-2)4-9-5-12(18-14(8)9)10-6-13(16)15-7-10/h3-5,10H,6-7H2,1-2H3,(H,15,16). The van der Waals surface area contributed by atoms with Crippen LogP contribution in [0.25, 0.3) is 11.0 Å². The lowest BCUT2D eigenvalue weighted by atomic mass is 10.1. The largest absolute Gasteiger partial charge is 0.497 e. The summed E-state index contributed by atoms with van der Waals surface area (Å²) in [5.41, 5.74) is 1.93. The van der Waals surface area contributed by atoms with Crippen LogP contribution in [0.5, 0.6) is 5.75 Å². The molecule has 1 saturated heterocycles. The fourth-order valence-electron chi connectivity index (χ4n) is 2.44. The maximum atomic E-state index is 11.2. The van der Waals surface area contributed by atoms with Crippen LogP contribution in [-0.4, -0.2) is 19.6 Å². The average Bonchev–Trinajstić information content (AvgIpc) is 2.94. The molecule has 0 aliphatic carbocycles. The lowest BCUT2D eigenvalue weighted by Crippen LogP contribution is -2.13. The third kappa shape index (κ3) is 1.74. The highest BCUT2D eigenvalue weighted by Gasteiger charge is 2.26. The van der Waals surface area contributed by atoms with Gasteiger partial charge in [-0.25, -0.2) is 0 Å². The van der Waals surface area contributed by atoms with Gasteiger partial charge in [0.15, 0.2) is 0 Å². The van der Waals surface area contributed by atoms with Gasteiger partial charge in [-0.3, -0.25) is 4.79 Å². The highest BCUT2D eigenvalue weighted by Crippen LogP contribution is 2.33. The summed E-state index contributed by atoms with van der Waals surface area (Å²) in [6.45, 7) is 2.66. The van der Waals surface area contributed by atoms with Crippen molar-refractivity contribution < 1.29 is 13.9 Å². The van der Waals surface area contributed by atoms with E-state index in [1.54, 1.807) is 7.11 Å². The van der Waals surface area contributed by atoms with Gasteiger partial charge in [-0.2, -0.15) is 0 Å². The molecule has 1 aliphatic heterocycles. The second-order valence-electron chi connectivity index (χ2n) is 4.72. The van der Waals surface area contributed by atoms with Gasteiger partial charge in [0.25, 0.3) is 0 Å². The number of amides is 1. The van der Waals surface area contributed by atoms with E-state index in [0.29, 0.717) is 13.0 Å². The van der Waals surface area contributed by atoms with Crippen molar-refractivity contribution in [1.29, 1.82) is 0 Å². The van der Waals surface area contributed by atoms with Gasteiger partial charge in [0.05, 0.1) is 7.11 Å². The molecular formula is C14H15NO3. The van der Waals surface area contributed by atoms with Crippen molar-refractivity contribution >= 4 is 16.9 Å². The molecule has 4 heteroatoms. The van der Waals surface area contributed by atoms with Gasteiger partial charge in [-0.15, -0.1) is 0 Å². The minimum absolute atomic E-state index is 0.0924. The van der Waals surface area contributed by atoms with Crippen LogP contribution >= 0.6 is 0 Å². The lowest BCUT2D eigenvalue weighted by molar-refractivity contribution is -0.119. The minimum Gasteiger partial charge on any atom is -0.497 e. The number of rotatable bonds is 2. The smallest absolute Gasteiger partial charge is 0.220 e. The van der Waals surface area contributed by atoms with E-state index in [1.807, 2.05) is 25.1 Å². The van der Waals surface area contributed by atoms with Crippen LogP contribution in [0.4, 0.5) is 0 Å². The van der Waals surface area contributed by atoms with Gasteiger partial charge < -0.3 is 14.5 Å². The first-order chi connectivity index (χ1) is 8.67. The second kappa shape index (κ2) is 4.05. The minimum atomic E-state index is 0.0924. The molecule has 0 spiro atoms. The molecule has 94 valence electrons. The molecule has 1 N–H and O–H groups in total. The fraction of sp³-hybridized carbons (Fsp3) is 0.357. The van der Waals surface area contributed by atoms with Crippen molar-refractivity contribution in [2.45, 2.75) is 19.3 Å². The Bertz CT molecular complexity index is 615. The first-order valence-corrected chi connectivity index (χ1v) is 6.02. The zero-order valence-electron chi connectivity index (χ0n) is 10.4. The van der Waals surface area contributed by atoms with E-state index in [1.165, 1.54) is 0 Å². The molecular weight excluding hydrogens is 230 g/mol. The Hall–Kier alpha value is -1.97. The first kappa shape index (κ1) is 11.1. The van der Waals surface area contributed by atoms with Crippen molar-refractivity contribution in [3.05, 3.63) is 29.5 Å². The molecule has 0 bridgehead atoms. The molecule has 1 fully saturated rings. The summed E-state index contributed by atoms with van der Waals surface area (Å²) in [4.78, 5) is 11.2.